The van der Waals surface area contributed by atoms with Crippen LogP contribution in [0.5, 0.6) is 0 Å². The lowest BCUT2D eigenvalue weighted by molar-refractivity contribution is -0.141. The Bertz CT molecular complexity index is 2190. The number of carboxylic acids is 1. The number of likely N-dealkylation sites (tertiary alicyclic amines) is 1. The van der Waals surface area contributed by atoms with Gasteiger partial charge < -0.3 is 19.2 Å². The molecule has 1 amide bonds. The number of ether oxygens (including phenoxy) is 1. The molecule has 2 aliphatic heterocycles. The van der Waals surface area contributed by atoms with Gasteiger partial charge >= 0.3 is 12.1 Å². The summed E-state index contributed by atoms with van der Waals surface area (Å²) in [6.45, 7) is 10.2. The number of carboxylic acid groups (broad SMARTS) is 1. The number of aliphatic carboxylic acids is 1. The third kappa shape index (κ3) is 6.44. The minimum atomic E-state index is -0.777. The van der Waals surface area contributed by atoms with Crippen LogP contribution in [-0.2, 0) is 29.0 Å². The SMILES string of the molecule is Cc1c(-c2nc3cc(CN4CCC(C(=O)O)C4)cc(C#N)c3o2)cccc1-c1cccc(-n2cc3c(n2)CCN(C(=O)OC(C)(C)C)C3)c1Cl. The maximum Gasteiger partial charge on any atom is 0.410 e. The number of nitrogens with zero attached hydrogens (tertiary/aromatic N) is 6. The zero-order valence-corrected chi connectivity index (χ0v) is 29.1. The topological polar surface area (TPSA) is 138 Å². The molecule has 3 aromatic carbocycles. The third-order valence-corrected chi connectivity index (χ3v) is 9.68. The van der Waals surface area contributed by atoms with E-state index in [-0.39, 0.29) is 12.0 Å². The smallest absolute Gasteiger partial charge is 0.410 e. The molecule has 12 heteroatoms. The summed E-state index contributed by atoms with van der Waals surface area (Å²) in [5, 5.41) is 24.7. The number of aromatic nitrogens is 3. The summed E-state index contributed by atoms with van der Waals surface area (Å²) < 4.78 is 13.6. The highest BCUT2D eigenvalue weighted by Gasteiger charge is 2.29. The van der Waals surface area contributed by atoms with Gasteiger partial charge in [0.2, 0.25) is 5.89 Å². The summed E-state index contributed by atoms with van der Waals surface area (Å²) in [5.41, 5.74) is 7.64. The number of halogens is 1. The van der Waals surface area contributed by atoms with Gasteiger partial charge in [-0.15, -0.1) is 0 Å². The van der Waals surface area contributed by atoms with Crippen molar-refractivity contribution in [2.24, 2.45) is 5.92 Å². The van der Waals surface area contributed by atoms with Gasteiger partial charge in [0.25, 0.3) is 0 Å². The molecule has 0 saturated carbocycles. The number of hydrogen-bond acceptors (Lipinski definition) is 8. The van der Waals surface area contributed by atoms with Gasteiger partial charge in [-0.3, -0.25) is 9.69 Å². The summed E-state index contributed by atoms with van der Waals surface area (Å²) in [6.07, 6.45) is 2.81. The van der Waals surface area contributed by atoms with E-state index in [1.165, 1.54) is 0 Å². The van der Waals surface area contributed by atoms with Crippen LogP contribution < -0.4 is 0 Å². The van der Waals surface area contributed by atoms with E-state index < -0.39 is 11.6 Å². The Labute approximate surface area is 294 Å². The van der Waals surface area contributed by atoms with Gasteiger partial charge in [-0.05, 0) is 81.6 Å². The van der Waals surface area contributed by atoms with Crippen LogP contribution in [0.15, 0.2) is 59.1 Å². The monoisotopic (exact) mass is 692 g/mol. The second-order valence-corrected chi connectivity index (χ2v) is 14.4. The number of carbonyl (C=O) groups excluding carboxylic acids is 1. The fourth-order valence-corrected chi connectivity index (χ4v) is 7.11. The number of carbonyl (C=O) groups is 2. The largest absolute Gasteiger partial charge is 0.481 e. The van der Waals surface area contributed by atoms with Crippen molar-refractivity contribution in [2.45, 2.75) is 59.2 Å². The molecule has 1 unspecified atom stereocenters. The van der Waals surface area contributed by atoms with Crippen LogP contribution in [0.3, 0.4) is 0 Å². The summed E-state index contributed by atoms with van der Waals surface area (Å²) in [6, 6.07) is 17.6. The average molecular weight is 693 g/mol. The fraction of sp³-hybridized carbons (Fsp3) is 0.342. The molecular weight excluding hydrogens is 656 g/mol. The normalized spacial score (nSPS) is 16.4. The van der Waals surface area contributed by atoms with Crippen LogP contribution in [0.2, 0.25) is 5.02 Å². The first-order valence-electron chi connectivity index (χ1n) is 16.6. The zero-order valence-electron chi connectivity index (χ0n) is 28.4. The Balaban J connectivity index is 1.17. The van der Waals surface area contributed by atoms with E-state index in [9.17, 15) is 20.0 Å². The molecule has 0 aliphatic carbocycles. The minimum absolute atomic E-state index is 0.340. The lowest BCUT2D eigenvalue weighted by Gasteiger charge is -2.29. The number of benzene rings is 3. The van der Waals surface area contributed by atoms with Crippen molar-refractivity contribution in [3.05, 3.63) is 87.7 Å². The van der Waals surface area contributed by atoms with Crippen molar-refractivity contribution >= 4 is 34.8 Å². The molecule has 4 heterocycles. The van der Waals surface area contributed by atoms with Gasteiger partial charge in [-0.25, -0.2) is 14.5 Å². The van der Waals surface area contributed by atoms with E-state index in [2.05, 4.69) is 11.0 Å². The predicted octanol–water partition coefficient (Wildman–Crippen LogP) is 7.38. The maximum atomic E-state index is 12.7. The van der Waals surface area contributed by atoms with Crippen LogP contribution in [0.4, 0.5) is 4.79 Å². The molecule has 7 rings (SSSR count). The summed E-state index contributed by atoms with van der Waals surface area (Å²) in [7, 11) is 0. The molecule has 1 fully saturated rings. The van der Waals surface area contributed by atoms with Gasteiger partial charge in [0.1, 0.15) is 17.2 Å². The first-order chi connectivity index (χ1) is 23.9. The Hall–Kier alpha value is -5.18. The van der Waals surface area contributed by atoms with Gasteiger partial charge in [-0.1, -0.05) is 35.9 Å². The molecule has 1 atom stereocenters. The Morgan fingerprint density at radius 2 is 1.88 bits per heavy atom. The second kappa shape index (κ2) is 12.9. The van der Waals surface area contributed by atoms with E-state index in [1.807, 2.05) is 76.4 Å². The minimum Gasteiger partial charge on any atom is -0.481 e. The standard InChI is InChI=1S/C38H37ClN6O5/c1-22-27(29-9-6-10-32(33(29)39)45-21-26-20-44(14-12-30(26)42-45)37(48)50-38(2,3)4)7-5-8-28(22)35-41-31-16-23(15-25(17-40)34(31)49-35)18-43-13-11-24(19-43)36(46)47/h5-10,15-16,21,24H,11-14,18-20H2,1-4H3,(H,46,47). The molecule has 0 spiro atoms. The van der Waals surface area contributed by atoms with Crippen molar-refractivity contribution < 1.29 is 23.8 Å². The van der Waals surface area contributed by atoms with Crippen LogP contribution in [0.1, 0.15) is 55.1 Å². The molecule has 0 bridgehead atoms. The highest BCUT2D eigenvalue weighted by Crippen LogP contribution is 2.39. The van der Waals surface area contributed by atoms with Crippen molar-refractivity contribution in [2.75, 3.05) is 19.6 Å². The van der Waals surface area contributed by atoms with Gasteiger partial charge in [0, 0.05) is 48.9 Å². The van der Waals surface area contributed by atoms with E-state index in [0.29, 0.717) is 78.8 Å². The van der Waals surface area contributed by atoms with Crippen molar-refractivity contribution in [1.82, 2.24) is 24.6 Å². The number of nitriles is 1. The lowest BCUT2D eigenvalue weighted by Crippen LogP contribution is -2.39. The molecule has 1 N–H and O–H groups in total. The van der Waals surface area contributed by atoms with E-state index in [0.717, 1.165) is 39.1 Å². The molecule has 5 aromatic rings. The maximum absolute atomic E-state index is 12.7. The fourth-order valence-electron chi connectivity index (χ4n) is 6.80. The van der Waals surface area contributed by atoms with Gasteiger partial charge in [0.05, 0.1) is 34.4 Å². The number of oxazole rings is 1. The second-order valence-electron chi connectivity index (χ2n) is 14.0. The summed E-state index contributed by atoms with van der Waals surface area (Å²) in [5.74, 6) is -0.763. The van der Waals surface area contributed by atoms with Crippen LogP contribution in [0.25, 0.3) is 39.4 Å². The van der Waals surface area contributed by atoms with E-state index in [1.54, 1.807) is 15.6 Å². The van der Waals surface area contributed by atoms with Crippen molar-refractivity contribution in [1.29, 1.82) is 5.26 Å². The Morgan fingerprint density at radius 3 is 2.62 bits per heavy atom. The van der Waals surface area contributed by atoms with Crippen LogP contribution in [0, 0.1) is 24.2 Å². The first-order valence-corrected chi connectivity index (χ1v) is 17.0. The Morgan fingerprint density at radius 1 is 1.12 bits per heavy atom. The highest BCUT2D eigenvalue weighted by molar-refractivity contribution is 6.35. The quantitative estimate of drug-likeness (QED) is 0.193. The molecule has 50 heavy (non-hydrogen) atoms. The molecule has 11 nitrogen and oxygen atoms in total. The lowest BCUT2D eigenvalue weighted by atomic mass is 9.96. The zero-order chi connectivity index (χ0) is 35.3. The third-order valence-electron chi connectivity index (χ3n) is 9.29. The Kier molecular flexibility index (Phi) is 8.62. The number of hydrogen-bond donors (Lipinski definition) is 1. The molecule has 256 valence electrons. The molecule has 2 aromatic heterocycles. The summed E-state index contributed by atoms with van der Waals surface area (Å²) >= 11 is 7.12. The van der Waals surface area contributed by atoms with Gasteiger partial charge in [-0.2, -0.15) is 10.4 Å². The summed E-state index contributed by atoms with van der Waals surface area (Å²) in [4.78, 5) is 32.8. The van der Waals surface area contributed by atoms with Crippen LogP contribution >= 0.6 is 11.6 Å². The van der Waals surface area contributed by atoms with Crippen molar-refractivity contribution in [3.8, 4) is 34.3 Å². The molecular formula is C38H37ClN6O5. The average Bonchev–Trinajstić information content (AvgIpc) is 3.82. The predicted molar refractivity (Wildman–Crippen MR) is 188 cm³/mol. The van der Waals surface area contributed by atoms with Crippen molar-refractivity contribution in [3.63, 3.8) is 0 Å². The van der Waals surface area contributed by atoms with Crippen LogP contribution in [-0.4, -0.2) is 67.0 Å². The molecule has 1 saturated heterocycles. The van der Waals surface area contributed by atoms with Gasteiger partial charge in [0.15, 0.2) is 5.58 Å². The van der Waals surface area contributed by atoms with E-state index in [4.69, 9.17) is 30.8 Å². The highest BCUT2D eigenvalue weighted by atomic mass is 35.5. The first kappa shape index (κ1) is 33.3. The number of fused-ring (bicyclic) bond motifs is 2. The molecule has 0 radical (unpaired) electrons. The van der Waals surface area contributed by atoms with E-state index >= 15 is 0 Å². The molecule has 2 aliphatic rings. The number of rotatable bonds is 6. The number of amides is 1.